The van der Waals surface area contributed by atoms with Crippen molar-refractivity contribution in [1.82, 2.24) is 5.32 Å². The summed E-state index contributed by atoms with van der Waals surface area (Å²) in [6.07, 6.45) is 0. The van der Waals surface area contributed by atoms with E-state index < -0.39 is 0 Å². The second kappa shape index (κ2) is 5.33. The first kappa shape index (κ1) is 12.1. The van der Waals surface area contributed by atoms with E-state index in [9.17, 15) is 4.79 Å². The summed E-state index contributed by atoms with van der Waals surface area (Å²) in [5, 5.41) is 3.61. The van der Waals surface area contributed by atoms with Crippen molar-refractivity contribution in [3.8, 4) is 0 Å². The zero-order valence-electron chi connectivity index (χ0n) is 9.33. The number of ether oxygens (including phenoxy) is 1. The van der Waals surface area contributed by atoms with Gasteiger partial charge in [-0.15, -0.1) is 0 Å². The molecule has 2 aromatic rings. The van der Waals surface area contributed by atoms with Gasteiger partial charge in [0.25, 0.3) is 5.91 Å². The van der Waals surface area contributed by atoms with Crippen LogP contribution in [0, 0.1) is 0 Å². The largest absolute Gasteiger partial charge is 0.451 e. The Hall–Kier alpha value is -1.33. The number of benzene rings is 1. The average molecular weight is 298 g/mol. The van der Waals surface area contributed by atoms with Crippen molar-refractivity contribution in [3.63, 3.8) is 0 Å². The molecule has 0 unspecified atom stereocenters. The van der Waals surface area contributed by atoms with Crippen molar-refractivity contribution in [2.45, 2.75) is 0 Å². The highest BCUT2D eigenvalue weighted by atomic mass is 79.9. The van der Waals surface area contributed by atoms with Gasteiger partial charge >= 0.3 is 0 Å². The Labute approximate surface area is 107 Å². The maximum absolute atomic E-state index is 11.7. The summed E-state index contributed by atoms with van der Waals surface area (Å²) in [6, 6.07) is 7.37. The zero-order chi connectivity index (χ0) is 12.3. The molecule has 17 heavy (non-hydrogen) atoms. The maximum Gasteiger partial charge on any atom is 0.287 e. The van der Waals surface area contributed by atoms with Crippen LogP contribution in [0.5, 0.6) is 0 Å². The van der Waals surface area contributed by atoms with Crippen LogP contribution < -0.4 is 5.32 Å². The maximum atomic E-state index is 11.7. The quantitative estimate of drug-likeness (QED) is 0.883. The van der Waals surface area contributed by atoms with Gasteiger partial charge in [0, 0.05) is 23.5 Å². The monoisotopic (exact) mass is 297 g/mol. The molecule has 1 aromatic carbocycles. The predicted octanol–water partition coefficient (Wildman–Crippen LogP) is 2.57. The molecule has 0 aliphatic heterocycles. The predicted molar refractivity (Wildman–Crippen MR) is 68.1 cm³/mol. The van der Waals surface area contributed by atoms with Gasteiger partial charge in [-0.3, -0.25) is 4.79 Å². The minimum atomic E-state index is -0.227. The summed E-state index contributed by atoms with van der Waals surface area (Å²) in [4.78, 5) is 11.7. The fourth-order valence-electron chi connectivity index (χ4n) is 1.47. The van der Waals surface area contributed by atoms with Crippen molar-refractivity contribution < 1.29 is 13.9 Å². The number of hydrogen-bond acceptors (Lipinski definition) is 3. The summed E-state index contributed by atoms with van der Waals surface area (Å²) in [5.74, 6) is 0.0866. The lowest BCUT2D eigenvalue weighted by molar-refractivity contribution is 0.0911. The second-order valence-electron chi connectivity index (χ2n) is 3.54. The Kier molecular flexibility index (Phi) is 3.81. The lowest BCUT2D eigenvalue weighted by atomic mass is 10.2. The van der Waals surface area contributed by atoms with E-state index in [1.807, 2.05) is 18.2 Å². The number of fused-ring (bicyclic) bond motifs is 1. The molecule has 0 bridgehead atoms. The van der Waals surface area contributed by atoms with Crippen molar-refractivity contribution in [3.05, 3.63) is 34.5 Å². The van der Waals surface area contributed by atoms with Crippen molar-refractivity contribution in [2.75, 3.05) is 20.3 Å². The van der Waals surface area contributed by atoms with Crippen LogP contribution in [0.25, 0.3) is 11.0 Å². The molecule has 90 valence electrons. The summed E-state index contributed by atoms with van der Waals surface area (Å²) < 4.78 is 11.2. The topological polar surface area (TPSA) is 51.5 Å². The summed E-state index contributed by atoms with van der Waals surface area (Å²) in [5.41, 5.74) is 0.691. The van der Waals surface area contributed by atoms with E-state index in [0.29, 0.717) is 24.5 Å². The lowest BCUT2D eigenvalue weighted by Crippen LogP contribution is -2.26. The Morgan fingerprint density at radius 3 is 3.06 bits per heavy atom. The molecule has 5 heteroatoms. The highest BCUT2D eigenvalue weighted by Crippen LogP contribution is 2.23. The van der Waals surface area contributed by atoms with Gasteiger partial charge in [0.1, 0.15) is 5.58 Å². The van der Waals surface area contributed by atoms with E-state index in [-0.39, 0.29) is 5.91 Å². The second-order valence-corrected chi connectivity index (χ2v) is 4.46. The molecule has 0 aliphatic carbocycles. The molecule has 0 aliphatic rings. The van der Waals surface area contributed by atoms with Crippen LogP contribution in [0.1, 0.15) is 10.6 Å². The number of nitrogens with one attached hydrogen (secondary N) is 1. The van der Waals surface area contributed by atoms with Crippen molar-refractivity contribution in [2.24, 2.45) is 0 Å². The van der Waals surface area contributed by atoms with Gasteiger partial charge in [-0.2, -0.15) is 0 Å². The van der Waals surface area contributed by atoms with Crippen molar-refractivity contribution >= 4 is 32.8 Å². The average Bonchev–Trinajstić information content (AvgIpc) is 2.72. The molecule has 0 spiro atoms. The zero-order valence-corrected chi connectivity index (χ0v) is 10.9. The summed E-state index contributed by atoms with van der Waals surface area (Å²) in [6.45, 7) is 0.952. The van der Waals surface area contributed by atoms with E-state index in [4.69, 9.17) is 9.15 Å². The minimum absolute atomic E-state index is 0.227. The van der Waals surface area contributed by atoms with E-state index in [2.05, 4.69) is 21.2 Å². The molecule has 4 nitrogen and oxygen atoms in total. The van der Waals surface area contributed by atoms with Gasteiger partial charge in [0.05, 0.1) is 6.61 Å². The molecule has 1 amide bonds. The third kappa shape index (κ3) is 2.87. The number of furan rings is 1. The number of carbonyl (C=O) groups is 1. The Morgan fingerprint density at radius 2 is 2.29 bits per heavy atom. The van der Waals surface area contributed by atoms with Crippen LogP contribution in [-0.4, -0.2) is 26.2 Å². The molecule has 1 N–H and O–H groups in total. The Balaban J connectivity index is 2.15. The molecular weight excluding hydrogens is 286 g/mol. The van der Waals surface area contributed by atoms with Gasteiger partial charge in [-0.05, 0) is 24.3 Å². The molecule has 0 saturated heterocycles. The minimum Gasteiger partial charge on any atom is -0.451 e. The van der Waals surface area contributed by atoms with E-state index in [1.54, 1.807) is 13.2 Å². The fourth-order valence-corrected chi connectivity index (χ4v) is 1.81. The fraction of sp³-hybridized carbons (Fsp3) is 0.250. The van der Waals surface area contributed by atoms with Gasteiger partial charge < -0.3 is 14.5 Å². The van der Waals surface area contributed by atoms with Gasteiger partial charge in [-0.1, -0.05) is 15.9 Å². The first-order chi connectivity index (χ1) is 8.20. The summed E-state index contributed by atoms with van der Waals surface area (Å²) >= 11 is 3.35. The standard InChI is InChI=1S/C12H12BrNO3/c1-16-5-4-14-12(15)11-6-8-2-3-9(13)7-10(8)17-11/h2-3,6-7H,4-5H2,1H3,(H,14,15). The molecule has 0 radical (unpaired) electrons. The highest BCUT2D eigenvalue weighted by molar-refractivity contribution is 9.10. The molecule has 0 fully saturated rings. The molecule has 0 saturated carbocycles. The number of hydrogen-bond donors (Lipinski definition) is 1. The van der Waals surface area contributed by atoms with Crippen molar-refractivity contribution in [1.29, 1.82) is 0 Å². The molecule has 1 aromatic heterocycles. The number of rotatable bonds is 4. The van der Waals surface area contributed by atoms with E-state index >= 15 is 0 Å². The van der Waals surface area contributed by atoms with Crippen LogP contribution >= 0.6 is 15.9 Å². The first-order valence-corrected chi connectivity index (χ1v) is 5.96. The lowest BCUT2D eigenvalue weighted by Gasteiger charge is -2.00. The third-order valence-electron chi connectivity index (χ3n) is 2.30. The number of methoxy groups -OCH3 is 1. The van der Waals surface area contributed by atoms with Crippen LogP contribution in [0.2, 0.25) is 0 Å². The molecule has 0 atom stereocenters. The first-order valence-electron chi connectivity index (χ1n) is 5.17. The normalized spacial score (nSPS) is 10.7. The highest BCUT2D eigenvalue weighted by Gasteiger charge is 2.11. The smallest absolute Gasteiger partial charge is 0.287 e. The molecular formula is C12H12BrNO3. The van der Waals surface area contributed by atoms with Crippen LogP contribution in [0.4, 0.5) is 0 Å². The summed E-state index contributed by atoms with van der Waals surface area (Å²) in [7, 11) is 1.59. The molecule has 2 rings (SSSR count). The number of amides is 1. The Morgan fingerprint density at radius 1 is 1.47 bits per heavy atom. The van der Waals surface area contributed by atoms with Gasteiger partial charge in [0.15, 0.2) is 5.76 Å². The molecule has 1 heterocycles. The van der Waals surface area contributed by atoms with Crippen LogP contribution in [-0.2, 0) is 4.74 Å². The third-order valence-corrected chi connectivity index (χ3v) is 2.79. The van der Waals surface area contributed by atoms with Gasteiger partial charge in [0.2, 0.25) is 0 Å². The van der Waals surface area contributed by atoms with Crippen LogP contribution in [0.15, 0.2) is 33.2 Å². The Bertz CT molecular complexity index is 536. The van der Waals surface area contributed by atoms with E-state index in [1.165, 1.54) is 0 Å². The number of halogens is 1. The number of carbonyl (C=O) groups excluding carboxylic acids is 1. The SMILES string of the molecule is COCCNC(=O)c1cc2ccc(Br)cc2o1. The van der Waals surface area contributed by atoms with Gasteiger partial charge in [-0.25, -0.2) is 0 Å². The van der Waals surface area contributed by atoms with Crippen LogP contribution in [0.3, 0.4) is 0 Å². The van der Waals surface area contributed by atoms with E-state index in [0.717, 1.165) is 9.86 Å².